The Hall–Kier alpha value is -6.75. The highest BCUT2D eigenvalue weighted by atomic mass is 79.9. The van der Waals surface area contributed by atoms with Gasteiger partial charge in [-0.3, -0.25) is 44.3 Å². The van der Waals surface area contributed by atoms with E-state index in [9.17, 15) is 36.9 Å². The molecule has 0 spiro atoms. The minimum Gasteiger partial charge on any atom is -0.494 e. The number of carbonyl (C=O) groups is 5. The number of nitrogens with one attached hydrogen (secondary N) is 3. The predicted molar refractivity (Wildman–Crippen MR) is 288 cm³/mol. The van der Waals surface area contributed by atoms with Crippen molar-refractivity contribution in [3.05, 3.63) is 82.2 Å². The Kier molecular flexibility index (Phi) is 16.2. The fraction of sp³-hybridized carbons (Fsp3) is 0.442. The fourth-order valence-electron chi connectivity index (χ4n) is 10.9. The maximum Gasteiger partial charge on any atom is 0.490 e. The quantitative estimate of drug-likeness (QED) is 0.0745. The van der Waals surface area contributed by atoms with Gasteiger partial charge in [-0.25, -0.2) is 9.78 Å². The van der Waals surface area contributed by atoms with E-state index in [0.717, 1.165) is 112 Å². The molecule has 0 bridgehead atoms. The second kappa shape index (κ2) is 22.7. The van der Waals surface area contributed by atoms with Crippen molar-refractivity contribution in [1.82, 2.24) is 40.0 Å². The zero-order valence-electron chi connectivity index (χ0n) is 42.9. The van der Waals surface area contributed by atoms with Crippen molar-refractivity contribution in [2.75, 3.05) is 99.8 Å². The molecule has 408 valence electrons. The van der Waals surface area contributed by atoms with Crippen LogP contribution in [0.3, 0.4) is 0 Å². The second-order valence-corrected chi connectivity index (χ2v) is 24.2. The van der Waals surface area contributed by atoms with Gasteiger partial charge in [-0.15, -0.1) is 0 Å². The SMILES string of the molecule is COc1cc(N2CCC(N3CCN(CC4CCN(c5ccc6c(c5)C(=O)N(C5CCC(=O)NC5=O)C6=O)CC4)CC3)CC2)c(C)cc1Nc1ncc(Br)c(Nc2ccc3nccnc3c2P(C)(C)=O)n1.O=C(O)C(F)(F)F. The van der Waals surface area contributed by atoms with E-state index in [2.05, 4.69) is 85.5 Å². The molecule has 77 heavy (non-hydrogen) atoms. The Bertz CT molecular complexity index is 3160. The van der Waals surface area contributed by atoms with Crippen molar-refractivity contribution in [3.63, 3.8) is 0 Å². The largest absolute Gasteiger partial charge is 0.494 e. The first kappa shape index (κ1) is 55.0. The molecule has 1 atom stereocenters. The van der Waals surface area contributed by atoms with E-state index >= 15 is 0 Å². The number of aliphatic carboxylic acids is 1. The molecule has 2 aromatic heterocycles. The summed E-state index contributed by atoms with van der Waals surface area (Å²) in [5.74, 6) is -2.53. The number of methoxy groups -OCH3 is 1. The van der Waals surface area contributed by atoms with Crippen molar-refractivity contribution in [2.24, 2.45) is 5.92 Å². The van der Waals surface area contributed by atoms with E-state index in [1.54, 1.807) is 51.2 Å². The van der Waals surface area contributed by atoms with Gasteiger partial charge in [0.2, 0.25) is 17.8 Å². The van der Waals surface area contributed by atoms with E-state index in [1.165, 1.54) is 0 Å². The van der Waals surface area contributed by atoms with Gasteiger partial charge in [0.1, 0.15) is 30.3 Å². The number of ether oxygens (including phenoxy) is 1. The number of carbonyl (C=O) groups excluding carboxylic acids is 4. The van der Waals surface area contributed by atoms with Gasteiger partial charge in [-0.1, -0.05) is 0 Å². The first-order chi connectivity index (χ1) is 36.7. The molecule has 0 saturated carbocycles. The molecule has 10 rings (SSSR count). The molecule has 0 aliphatic carbocycles. The number of imide groups is 2. The zero-order chi connectivity index (χ0) is 54.9. The number of carboxylic acids is 1. The number of amides is 4. The standard InChI is InChI=1S/C50H58BrN12O6P.C2HF3O2/c1-30-25-39(56-50-54-28-36(51)46(58-50)55-38-8-7-37-44(53-16-15-52-37)45(38)70(3,4)68)42(69-2)27-41(30)62-19-13-32(14-20-62)61-23-21-59(22-24-61)29-31-11-17-60(18-12-31)33-5-6-34-35(26-33)49(67)63(48(34)66)40-9-10-43(64)57-47(40)65;3-2(4,5)1(6)7/h5-8,15-16,25-28,31-32,40H,9-14,17-24,29H2,1-4H3,(H,57,64,65)(H2,54,55,56,58);(H,6,7). The number of hydrogen-bond acceptors (Lipinski definition) is 17. The van der Waals surface area contributed by atoms with Crippen molar-refractivity contribution in [1.29, 1.82) is 0 Å². The highest BCUT2D eigenvalue weighted by Crippen LogP contribution is 2.42. The van der Waals surface area contributed by atoms with Gasteiger partial charge in [0, 0.05) is 107 Å². The highest BCUT2D eigenvalue weighted by molar-refractivity contribution is 9.10. The number of hydrogen-bond donors (Lipinski definition) is 4. The van der Waals surface area contributed by atoms with E-state index < -0.39 is 43.1 Å². The van der Waals surface area contributed by atoms with Gasteiger partial charge < -0.3 is 39.7 Å². The number of halogens is 4. The number of anilines is 6. The predicted octanol–water partition coefficient (Wildman–Crippen LogP) is 6.77. The lowest BCUT2D eigenvalue weighted by molar-refractivity contribution is -0.192. The van der Waals surface area contributed by atoms with Crippen molar-refractivity contribution in [3.8, 4) is 5.75 Å². The summed E-state index contributed by atoms with van der Waals surface area (Å²) < 4.78 is 51.8. The molecule has 3 aromatic carbocycles. The number of piperazine rings is 1. The van der Waals surface area contributed by atoms with Gasteiger partial charge >= 0.3 is 12.1 Å². The van der Waals surface area contributed by atoms with Crippen LogP contribution in [0.2, 0.25) is 0 Å². The van der Waals surface area contributed by atoms with E-state index in [4.69, 9.17) is 19.6 Å². The third-order valence-corrected chi connectivity index (χ3v) is 16.9. The average Bonchev–Trinajstić information content (AvgIpc) is 3.72. The van der Waals surface area contributed by atoms with Gasteiger partial charge in [0.25, 0.3) is 11.8 Å². The molecular formula is C52H59BrF3N12O8P. The van der Waals surface area contributed by atoms with Gasteiger partial charge in [-0.05, 0) is 116 Å². The smallest absolute Gasteiger partial charge is 0.490 e. The summed E-state index contributed by atoms with van der Waals surface area (Å²) in [6, 6.07) is 12.9. The van der Waals surface area contributed by atoms with Gasteiger partial charge in [0.15, 0.2) is 0 Å². The number of carboxylic acid groups (broad SMARTS) is 1. The van der Waals surface area contributed by atoms with Gasteiger partial charge in [0.05, 0.1) is 44.9 Å². The molecule has 4 N–H and O–H groups in total. The Morgan fingerprint density at radius 1 is 0.844 bits per heavy atom. The Labute approximate surface area is 450 Å². The van der Waals surface area contributed by atoms with E-state index in [1.807, 2.05) is 18.2 Å². The number of rotatable bonds is 12. The number of aryl methyl sites for hydroxylation is 1. The Morgan fingerprint density at radius 2 is 1.52 bits per heavy atom. The van der Waals surface area contributed by atoms with Crippen LogP contribution in [-0.4, -0.2) is 167 Å². The minimum atomic E-state index is -5.08. The molecule has 7 heterocycles. The van der Waals surface area contributed by atoms with Crippen LogP contribution in [0, 0.1) is 12.8 Å². The van der Waals surface area contributed by atoms with Crippen LogP contribution < -0.4 is 35.8 Å². The zero-order valence-corrected chi connectivity index (χ0v) is 45.4. The summed E-state index contributed by atoms with van der Waals surface area (Å²) >= 11 is 3.59. The number of benzene rings is 3. The molecule has 1 unspecified atom stereocenters. The van der Waals surface area contributed by atoms with Crippen molar-refractivity contribution >= 4 is 104 Å². The summed E-state index contributed by atoms with van der Waals surface area (Å²) in [6.07, 6.45) is 4.36. The Morgan fingerprint density at radius 3 is 2.18 bits per heavy atom. The number of aromatic nitrogens is 4. The maximum absolute atomic E-state index is 13.5. The molecule has 4 amide bonds. The second-order valence-electron chi connectivity index (χ2n) is 20.2. The van der Waals surface area contributed by atoms with Crippen molar-refractivity contribution in [2.45, 2.75) is 63.7 Å². The Balaban J connectivity index is 0.000000967. The molecule has 5 aliphatic rings. The van der Waals surface area contributed by atoms with Crippen LogP contribution in [0.25, 0.3) is 11.0 Å². The molecule has 5 aromatic rings. The highest BCUT2D eigenvalue weighted by Gasteiger charge is 2.45. The van der Waals surface area contributed by atoms with Crippen LogP contribution >= 0.6 is 23.1 Å². The first-order valence-electron chi connectivity index (χ1n) is 25.3. The number of alkyl halides is 3. The lowest BCUT2D eigenvalue weighted by atomic mass is 9.95. The van der Waals surface area contributed by atoms with Crippen molar-refractivity contribution < 1.29 is 51.6 Å². The molecule has 25 heteroatoms. The number of piperidine rings is 3. The third kappa shape index (κ3) is 12.2. The molecular weight excluding hydrogens is 1090 g/mol. The van der Waals surface area contributed by atoms with Crippen LogP contribution in [0.15, 0.2) is 65.5 Å². The topological polar surface area (TPSA) is 236 Å². The third-order valence-electron chi connectivity index (χ3n) is 14.8. The fourth-order valence-corrected chi connectivity index (χ4v) is 12.6. The van der Waals surface area contributed by atoms with Crippen LogP contribution in [0.5, 0.6) is 5.75 Å². The molecule has 0 radical (unpaired) electrons. The summed E-state index contributed by atoms with van der Waals surface area (Å²) in [7, 11) is -1.10. The summed E-state index contributed by atoms with van der Waals surface area (Å²) in [6.45, 7) is 14.6. The van der Waals surface area contributed by atoms with Crippen LogP contribution in [-0.2, 0) is 18.9 Å². The normalized spacial score (nSPS) is 19.2. The summed E-state index contributed by atoms with van der Waals surface area (Å²) in [4.78, 5) is 89.1. The summed E-state index contributed by atoms with van der Waals surface area (Å²) in [5.41, 5.74) is 6.49. The molecule has 5 aliphatic heterocycles. The average molecular weight is 1150 g/mol. The summed E-state index contributed by atoms with van der Waals surface area (Å²) in [5, 5.41) is 16.8. The monoisotopic (exact) mass is 1150 g/mol. The van der Waals surface area contributed by atoms with E-state index in [0.29, 0.717) is 67.1 Å². The molecule has 20 nitrogen and oxygen atoms in total. The molecule has 4 fully saturated rings. The number of fused-ring (bicyclic) bond motifs is 2. The van der Waals surface area contributed by atoms with Crippen LogP contribution in [0.1, 0.15) is 64.8 Å². The first-order valence-corrected chi connectivity index (χ1v) is 28.7. The van der Waals surface area contributed by atoms with Crippen LogP contribution in [0.4, 0.5) is 47.7 Å². The maximum atomic E-state index is 13.5. The number of nitrogens with zero attached hydrogens (tertiary/aromatic N) is 9. The lowest BCUT2D eigenvalue weighted by Gasteiger charge is -2.44. The molecule has 4 saturated heterocycles. The van der Waals surface area contributed by atoms with E-state index in [-0.39, 0.29) is 18.7 Å². The van der Waals surface area contributed by atoms with Gasteiger partial charge in [-0.2, -0.15) is 18.2 Å². The minimum absolute atomic E-state index is 0.0974. The lowest BCUT2D eigenvalue weighted by Crippen LogP contribution is -2.54.